The summed E-state index contributed by atoms with van der Waals surface area (Å²) in [6.07, 6.45) is 3.47. The zero-order valence-electron chi connectivity index (χ0n) is 13.5. The molecule has 0 saturated carbocycles. The molecule has 0 fully saturated rings. The number of hydrazine groups is 1. The van der Waals surface area contributed by atoms with Crippen LogP contribution in [0.4, 0.5) is 11.4 Å². The van der Waals surface area contributed by atoms with E-state index in [1.807, 2.05) is 12.1 Å². The maximum absolute atomic E-state index is 10.8. The molecule has 2 rings (SSSR count). The Morgan fingerprint density at radius 1 is 1.04 bits per heavy atom. The molecule has 0 bridgehead atoms. The molecular formula is C18H21N3O2S. The van der Waals surface area contributed by atoms with Crippen molar-refractivity contribution in [1.82, 2.24) is 5.43 Å². The number of anilines is 2. The van der Waals surface area contributed by atoms with E-state index in [1.54, 1.807) is 12.1 Å². The van der Waals surface area contributed by atoms with E-state index in [9.17, 15) is 4.79 Å². The SMILES string of the molecule is CCCCc1ccc(NC(=S)NNc2ccc(C(=O)O)cc2)cc1. The Morgan fingerprint density at radius 2 is 1.67 bits per heavy atom. The highest BCUT2D eigenvalue weighted by molar-refractivity contribution is 7.80. The number of aryl methyl sites for hydroxylation is 1. The molecule has 0 radical (unpaired) electrons. The van der Waals surface area contributed by atoms with Crippen LogP contribution in [0.5, 0.6) is 0 Å². The lowest BCUT2D eigenvalue weighted by atomic mass is 10.1. The molecule has 4 N–H and O–H groups in total. The highest BCUT2D eigenvalue weighted by atomic mass is 32.1. The van der Waals surface area contributed by atoms with E-state index < -0.39 is 5.97 Å². The maximum atomic E-state index is 10.8. The van der Waals surface area contributed by atoms with Crippen LogP contribution in [0.15, 0.2) is 48.5 Å². The third-order valence-corrected chi connectivity index (χ3v) is 3.69. The summed E-state index contributed by atoms with van der Waals surface area (Å²) in [5.74, 6) is -0.950. The number of carbonyl (C=O) groups is 1. The van der Waals surface area contributed by atoms with Gasteiger partial charge in [0.25, 0.3) is 0 Å². The first kappa shape index (κ1) is 17.7. The molecule has 0 aromatic heterocycles. The Morgan fingerprint density at radius 3 is 2.25 bits per heavy atom. The van der Waals surface area contributed by atoms with E-state index in [0.717, 1.165) is 17.8 Å². The average molecular weight is 343 g/mol. The van der Waals surface area contributed by atoms with Gasteiger partial charge in [-0.25, -0.2) is 4.79 Å². The molecule has 0 heterocycles. The molecule has 6 heteroatoms. The average Bonchev–Trinajstić information content (AvgIpc) is 2.59. The predicted octanol–water partition coefficient (Wildman–Crippen LogP) is 4.04. The maximum Gasteiger partial charge on any atom is 0.335 e. The van der Waals surface area contributed by atoms with Crippen LogP contribution in [-0.4, -0.2) is 16.2 Å². The molecule has 0 aliphatic heterocycles. The highest BCUT2D eigenvalue weighted by Gasteiger charge is 2.02. The summed E-state index contributed by atoms with van der Waals surface area (Å²) in [6, 6.07) is 14.6. The van der Waals surface area contributed by atoms with Gasteiger partial charge < -0.3 is 10.4 Å². The summed E-state index contributed by atoms with van der Waals surface area (Å²) in [7, 11) is 0. The predicted molar refractivity (Wildman–Crippen MR) is 101 cm³/mol. The van der Waals surface area contributed by atoms with Gasteiger partial charge in [0, 0.05) is 5.69 Å². The second-order valence-electron chi connectivity index (χ2n) is 5.39. The number of benzene rings is 2. The van der Waals surface area contributed by atoms with E-state index in [2.05, 4.69) is 35.2 Å². The Labute approximate surface area is 147 Å². The topological polar surface area (TPSA) is 73.4 Å². The van der Waals surface area contributed by atoms with Gasteiger partial charge in [-0.2, -0.15) is 0 Å². The smallest absolute Gasteiger partial charge is 0.335 e. The van der Waals surface area contributed by atoms with E-state index in [-0.39, 0.29) is 5.56 Å². The largest absolute Gasteiger partial charge is 0.478 e. The third-order valence-electron chi connectivity index (χ3n) is 3.48. The monoisotopic (exact) mass is 343 g/mol. The van der Waals surface area contributed by atoms with Crippen LogP contribution in [0.2, 0.25) is 0 Å². The van der Waals surface area contributed by atoms with Gasteiger partial charge in [0.2, 0.25) is 0 Å². The summed E-state index contributed by atoms with van der Waals surface area (Å²) < 4.78 is 0. The first-order valence-corrected chi connectivity index (χ1v) is 8.24. The van der Waals surface area contributed by atoms with Gasteiger partial charge in [-0.05, 0) is 67.0 Å². The third kappa shape index (κ3) is 5.55. The molecular weight excluding hydrogens is 322 g/mol. The first-order chi connectivity index (χ1) is 11.6. The molecule has 2 aromatic rings. The molecule has 0 unspecified atom stereocenters. The van der Waals surface area contributed by atoms with Gasteiger partial charge in [-0.1, -0.05) is 25.5 Å². The number of hydrogen-bond acceptors (Lipinski definition) is 3. The fraction of sp³-hybridized carbons (Fsp3) is 0.222. The van der Waals surface area contributed by atoms with Crippen molar-refractivity contribution in [3.63, 3.8) is 0 Å². The van der Waals surface area contributed by atoms with Gasteiger partial charge in [0.05, 0.1) is 11.3 Å². The van der Waals surface area contributed by atoms with Crippen LogP contribution < -0.4 is 16.2 Å². The van der Waals surface area contributed by atoms with Crippen molar-refractivity contribution in [3.8, 4) is 0 Å². The van der Waals surface area contributed by atoms with Gasteiger partial charge in [-0.3, -0.25) is 10.9 Å². The fourth-order valence-corrected chi connectivity index (χ4v) is 2.29. The molecule has 24 heavy (non-hydrogen) atoms. The van der Waals surface area contributed by atoms with Crippen molar-refractivity contribution in [3.05, 3.63) is 59.7 Å². The second-order valence-corrected chi connectivity index (χ2v) is 5.80. The molecule has 5 nitrogen and oxygen atoms in total. The van der Waals surface area contributed by atoms with Crippen LogP contribution in [0.25, 0.3) is 0 Å². The minimum atomic E-state index is -0.950. The van der Waals surface area contributed by atoms with Crippen LogP contribution in [0, 0.1) is 0 Å². The number of thiocarbonyl (C=S) groups is 1. The zero-order chi connectivity index (χ0) is 17.4. The van der Waals surface area contributed by atoms with Crippen molar-refractivity contribution in [2.24, 2.45) is 0 Å². The number of carboxylic acid groups (broad SMARTS) is 1. The van der Waals surface area contributed by atoms with Crippen molar-refractivity contribution < 1.29 is 9.90 Å². The van der Waals surface area contributed by atoms with E-state index in [4.69, 9.17) is 17.3 Å². The van der Waals surface area contributed by atoms with E-state index in [0.29, 0.717) is 5.11 Å². The molecule has 0 saturated heterocycles. The van der Waals surface area contributed by atoms with Crippen LogP contribution in [-0.2, 0) is 6.42 Å². The lowest BCUT2D eigenvalue weighted by Crippen LogP contribution is -2.33. The van der Waals surface area contributed by atoms with Gasteiger partial charge >= 0.3 is 5.97 Å². The van der Waals surface area contributed by atoms with E-state index >= 15 is 0 Å². The Kier molecular flexibility index (Phi) is 6.57. The number of unbranched alkanes of at least 4 members (excludes halogenated alkanes) is 1. The Bertz CT molecular complexity index is 684. The number of carboxylic acids is 1. The number of nitrogens with one attached hydrogen (secondary N) is 3. The summed E-state index contributed by atoms with van der Waals surface area (Å²) in [4.78, 5) is 10.8. The lowest BCUT2D eigenvalue weighted by molar-refractivity contribution is 0.0697. The first-order valence-electron chi connectivity index (χ1n) is 7.84. The minimum Gasteiger partial charge on any atom is -0.478 e. The highest BCUT2D eigenvalue weighted by Crippen LogP contribution is 2.12. The van der Waals surface area contributed by atoms with Crippen LogP contribution in [0.3, 0.4) is 0 Å². The van der Waals surface area contributed by atoms with Gasteiger partial charge in [-0.15, -0.1) is 0 Å². The second kappa shape index (κ2) is 8.88. The molecule has 0 amide bonds. The Hall–Kier alpha value is -2.60. The summed E-state index contributed by atoms with van der Waals surface area (Å²) >= 11 is 5.23. The summed E-state index contributed by atoms with van der Waals surface area (Å²) in [5.41, 5.74) is 8.98. The molecule has 2 aromatic carbocycles. The number of aromatic carboxylic acids is 1. The molecule has 126 valence electrons. The lowest BCUT2D eigenvalue weighted by Gasteiger charge is -2.13. The molecule has 0 aliphatic carbocycles. The van der Waals surface area contributed by atoms with Crippen molar-refractivity contribution >= 4 is 34.7 Å². The number of rotatable bonds is 7. The standard InChI is InChI=1S/C18H21N3O2S/c1-2-3-4-13-5-9-15(10-6-13)19-18(24)21-20-16-11-7-14(8-12-16)17(22)23/h5-12,20H,2-4H2,1H3,(H,22,23)(H2,19,21,24). The molecule has 0 spiro atoms. The minimum absolute atomic E-state index is 0.240. The fourth-order valence-electron chi connectivity index (χ4n) is 2.12. The van der Waals surface area contributed by atoms with Crippen molar-refractivity contribution in [1.29, 1.82) is 0 Å². The van der Waals surface area contributed by atoms with Crippen LogP contribution in [0.1, 0.15) is 35.7 Å². The van der Waals surface area contributed by atoms with Gasteiger partial charge in [0.15, 0.2) is 5.11 Å². The quantitative estimate of drug-likeness (QED) is 0.449. The van der Waals surface area contributed by atoms with Crippen molar-refractivity contribution in [2.75, 3.05) is 10.7 Å². The summed E-state index contributed by atoms with van der Waals surface area (Å²) in [5, 5.41) is 12.4. The normalized spacial score (nSPS) is 10.0. The van der Waals surface area contributed by atoms with E-state index in [1.165, 1.54) is 30.5 Å². The summed E-state index contributed by atoms with van der Waals surface area (Å²) in [6.45, 7) is 2.18. The zero-order valence-corrected chi connectivity index (χ0v) is 14.3. The molecule has 0 atom stereocenters. The molecule has 0 aliphatic rings. The van der Waals surface area contributed by atoms with Gasteiger partial charge in [0.1, 0.15) is 0 Å². The van der Waals surface area contributed by atoms with Crippen molar-refractivity contribution in [2.45, 2.75) is 26.2 Å². The number of hydrogen-bond donors (Lipinski definition) is 4. The van der Waals surface area contributed by atoms with Crippen LogP contribution >= 0.6 is 12.2 Å². The Balaban J connectivity index is 1.81.